The zero-order chi connectivity index (χ0) is 11.0. The first-order valence-corrected chi connectivity index (χ1v) is 5.29. The zero-order valence-electron chi connectivity index (χ0n) is 9.70. The molecule has 1 atom stereocenters. The second-order valence-corrected chi connectivity index (χ2v) is 3.51. The molecule has 0 heterocycles. The summed E-state index contributed by atoms with van der Waals surface area (Å²) in [4.78, 5) is 21.5. The van der Waals surface area contributed by atoms with Crippen LogP contribution in [0.25, 0.3) is 0 Å². The third kappa shape index (κ3) is 7.02. The van der Waals surface area contributed by atoms with Crippen molar-refractivity contribution in [2.45, 2.75) is 58.4 Å². The Balaban J connectivity index is 0. The van der Waals surface area contributed by atoms with Crippen molar-refractivity contribution in [3.63, 3.8) is 0 Å². The Bertz CT molecular complexity index is 195. The summed E-state index contributed by atoms with van der Waals surface area (Å²) in [6.45, 7) is 3.90. The van der Waals surface area contributed by atoms with Gasteiger partial charge in [-0.25, -0.2) is 0 Å². The van der Waals surface area contributed by atoms with Crippen LogP contribution in [0.3, 0.4) is 0 Å². The van der Waals surface area contributed by atoms with Crippen molar-refractivity contribution < 1.29 is 9.72 Å². The summed E-state index contributed by atoms with van der Waals surface area (Å²) in [6, 6.07) is -0.961. The smallest absolute Gasteiger partial charge is 0.270 e. The first-order chi connectivity index (χ1) is 6.63. The van der Waals surface area contributed by atoms with E-state index in [4.69, 9.17) is 0 Å². The van der Waals surface area contributed by atoms with E-state index in [1.165, 1.54) is 0 Å². The molecule has 3 N–H and O–H groups in total. The molecule has 0 aliphatic rings. The highest BCUT2D eigenvalue weighted by Gasteiger charge is 2.27. The van der Waals surface area contributed by atoms with Gasteiger partial charge in [-0.3, -0.25) is 14.9 Å². The zero-order valence-corrected chi connectivity index (χ0v) is 9.70. The lowest BCUT2D eigenvalue weighted by Crippen LogP contribution is -2.29. The fourth-order valence-electron chi connectivity index (χ4n) is 1.37. The second-order valence-electron chi connectivity index (χ2n) is 3.51. The van der Waals surface area contributed by atoms with E-state index < -0.39 is 11.0 Å². The molecule has 0 bridgehead atoms. The summed E-state index contributed by atoms with van der Waals surface area (Å²) < 4.78 is 0. The van der Waals surface area contributed by atoms with Gasteiger partial charge in [-0.1, -0.05) is 26.7 Å². The summed E-state index contributed by atoms with van der Waals surface area (Å²) in [7, 11) is 0. The highest BCUT2D eigenvalue weighted by molar-refractivity contribution is 5.82. The van der Waals surface area contributed by atoms with Crippen LogP contribution in [0.15, 0.2) is 0 Å². The maximum absolute atomic E-state index is 11.4. The lowest BCUT2D eigenvalue weighted by Gasteiger charge is -2.06. The van der Waals surface area contributed by atoms with Gasteiger partial charge >= 0.3 is 0 Å². The van der Waals surface area contributed by atoms with Crippen LogP contribution in [-0.4, -0.2) is 16.7 Å². The van der Waals surface area contributed by atoms with Crippen molar-refractivity contribution in [3.8, 4) is 0 Å². The standard InChI is InChI=1S/C10H19NO3.H3N/c1-3-5-6-8-10(12)9(7-4-2)11(13)14;/h9H,3-8H2,1-2H3;1H3. The molecular formula is C10H22N2O3. The first-order valence-electron chi connectivity index (χ1n) is 5.29. The highest BCUT2D eigenvalue weighted by Crippen LogP contribution is 2.08. The molecule has 0 rings (SSSR count). The van der Waals surface area contributed by atoms with Crippen molar-refractivity contribution in [3.05, 3.63) is 10.1 Å². The maximum Gasteiger partial charge on any atom is 0.270 e. The molecule has 0 saturated carbocycles. The molecule has 0 aromatic heterocycles. The van der Waals surface area contributed by atoms with Gasteiger partial charge in [-0.15, -0.1) is 0 Å². The van der Waals surface area contributed by atoms with Crippen LogP contribution in [0, 0.1) is 10.1 Å². The number of unbranched alkanes of at least 4 members (excludes halogenated alkanes) is 2. The Morgan fingerprint density at radius 3 is 2.27 bits per heavy atom. The number of ketones is 1. The van der Waals surface area contributed by atoms with Crippen LogP contribution in [0.5, 0.6) is 0 Å². The molecule has 0 saturated heterocycles. The summed E-state index contributed by atoms with van der Waals surface area (Å²) in [5.74, 6) is -0.203. The molecule has 0 aliphatic heterocycles. The van der Waals surface area contributed by atoms with E-state index in [9.17, 15) is 14.9 Å². The van der Waals surface area contributed by atoms with E-state index in [2.05, 4.69) is 0 Å². The molecule has 0 spiro atoms. The molecular weight excluding hydrogens is 196 g/mol. The predicted molar refractivity (Wildman–Crippen MR) is 59.9 cm³/mol. The average molecular weight is 218 g/mol. The van der Waals surface area contributed by atoms with Crippen molar-refractivity contribution >= 4 is 5.78 Å². The first kappa shape index (κ1) is 16.5. The lowest BCUT2D eigenvalue weighted by atomic mass is 10.0. The Hall–Kier alpha value is -0.970. The molecule has 0 amide bonds. The molecule has 0 aromatic rings. The number of hydrogen-bond donors (Lipinski definition) is 1. The third-order valence-corrected chi connectivity index (χ3v) is 2.21. The monoisotopic (exact) mass is 218 g/mol. The van der Waals surface area contributed by atoms with Gasteiger partial charge in [-0.2, -0.15) is 0 Å². The number of nitro groups is 1. The Labute approximate surface area is 91.0 Å². The van der Waals surface area contributed by atoms with Gasteiger partial charge in [0.05, 0.1) is 0 Å². The van der Waals surface area contributed by atoms with Crippen molar-refractivity contribution in [1.29, 1.82) is 0 Å². The molecule has 1 unspecified atom stereocenters. The minimum Gasteiger partial charge on any atom is -0.344 e. The summed E-state index contributed by atoms with van der Waals surface area (Å²) in [6.07, 6.45) is 4.21. The summed E-state index contributed by atoms with van der Waals surface area (Å²) in [5, 5.41) is 10.5. The van der Waals surface area contributed by atoms with E-state index >= 15 is 0 Å². The number of rotatable bonds is 8. The fraction of sp³-hybridized carbons (Fsp3) is 0.900. The minimum absolute atomic E-state index is 0. The quantitative estimate of drug-likeness (QED) is 0.385. The van der Waals surface area contributed by atoms with Crippen LogP contribution in [0.1, 0.15) is 52.4 Å². The second kappa shape index (κ2) is 9.58. The minimum atomic E-state index is -0.961. The van der Waals surface area contributed by atoms with Gasteiger partial charge in [0.25, 0.3) is 6.04 Å². The van der Waals surface area contributed by atoms with Crippen LogP contribution < -0.4 is 6.15 Å². The normalized spacial score (nSPS) is 11.6. The van der Waals surface area contributed by atoms with Gasteiger partial charge in [0.1, 0.15) is 0 Å². The van der Waals surface area contributed by atoms with E-state index in [0.29, 0.717) is 19.3 Å². The number of carbonyl (C=O) groups is 1. The predicted octanol–water partition coefficient (Wildman–Crippen LogP) is 2.74. The van der Waals surface area contributed by atoms with Crippen molar-refractivity contribution in [2.75, 3.05) is 0 Å². The molecule has 5 nitrogen and oxygen atoms in total. The largest absolute Gasteiger partial charge is 0.344 e. The maximum atomic E-state index is 11.4. The molecule has 0 fully saturated rings. The topological polar surface area (TPSA) is 95.2 Å². The Morgan fingerprint density at radius 1 is 1.27 bits per heavy atom. The van der Waals surface area contributed by atoms with Crippen LogP contribution in [0.4, 0.5) is 0 Å². The SMILES string of the molecule is CCCCCC(=O)C(CCC)[N+](=O)[O-].N. The number of hydrogen-bond acceptors (Lipinski definition) is 4. The lowest BCUT2D eigenvalue weighted by molar-refractivity contribution is -0.508. The molecule has 90 valence electrons. The molecule has 5 heteroatoms. The van der Waals surface area contributed by atoms with Crippen molar-refractivity contribution in [2.24, 2.45) is 0 Å². The van der Waals surface area contributed by atoms with Gasteiger partial charge in [0.15, 0.2) is 0 Å². The van der Waals surface area contributed by atoms with Crippen LogP contribution in [0.2, 0.25) is 0 Å². The molecule has 0 aliphatic carbocycles. The molecule has 0 radical (unpaired) electrons. The van der Waals surface area contributed by atoms with E-state index in [-0.39, 0.29) is 11.9 Å². The third-order valence-electron chi connectivity index (χ3n) is 2.21. The van der Waals surface area contributed by atoms with Gasteiger partial charge < -0.3 is 6.15 Å². The van der Waals surface area contributed by atoms with E-state index in [1.54, 1.807) is 0 Å². The van der Waals surface area contributed by atoms with Crippen molar-refractivity contribution in [1.82, 2.24) is 6.15 Å². The van der Waals surface area contributed by atoms with Crippen LogP contribution >= 0.6 is 0 Å². The van der Waals surface area contributed by atoms with Crippen LogP contribution in [-0.2, 0) is 4.79 Å². The number of nitrogens with zero attached hydrogens (tertiary/aromatic N) is 1. The molecule has 15 heavy (non-hydrogen) atoms. The van der Waals surface area contributed by atoms with Gasteiger partial charge in [0.2, 0.25) is 5.78 Å². The summed E-state index contributed by atoms with van der Waals surface area (Å²) >= 11 is 0. The molecule has 0 aromatic carbocycles. The Kier molecular flexibility index (Phi) is 10.5. The van der Waals surface area contributed by atoms with E-state index in [0.717, 1.165) is 19.3 Å². The Morgan fingerprint density at radius 2 is 1.87 bits per heavy atom. The summed E-state index contributed by atoms with van der Waals surface area (Å²) in [5.41, 5.74) is 0. The van der Waals surface area contributed by atoms with Gasteiger partial charge in [-0.05, 0) is 12.8 Å². The number of Topliss-reactive ketones (excluding diaryl/α,β-unsaturated/α-hetero) is 1. The average Bonchev–Trinajstić information content (AvgIpc) is 2.13. The number of carbonyl (C=O) groups excluding carboxylic acids is 1. The van der Waals surface area contributed by atoms with E-state index in [1.807, 2.05) is 13.8 Å². The fourth-order valence-corrected chi connectivity index (χ4v) is 1.37. The highest BCUT2D eigenvalue weighted by atomic mass is 16.6. The van der Waals surface area contributed by atoms with Gasteiger partial charge in [0, 0.05) is 17.8 Å².